The van der Waals surface area contributed by atoms with Gasteiger partial charge in [0.1, 0.15) is 23.7 Å². The van der Waals surface area contributed by atoms with Gasteiger partial charge >= 0.3 is 16.1 Å². The fourth-order valence-corrected chi connectivity index (χ4v) is 3.72. The number of hydrogen-bond donors (Lipinski definition) is 0. The summed E-state index contributed by atoms with van der Waals surface area (Å²) in [5.74, 6) is 0.438. The van der Waals surface area contributed by atoms with Crippen LogP contribution in [0.4, 0.5) is 0 Å². The predicted molar refractivity (Wildman–Crippen MR) is 122 cm³/mol. The molecule has 0 radical (unpaired) electrons. The Hall–Kier alpha value is -3.00. The summed E-state index contributed by atoms with van der Waals surface area (Å²) < 4.78 is 47.4. The summed E-state index contributed by atoms with van der Waals surface area (Å²) in [4.78, 5) is 12.9. The maximum atomic E-state index is 12.9. The predicted octanol–water partition coefficient (Wildman–Crippen LogP) is 5.25. The van der Waals surface area contributed by atoms with Crippen LogP contribution >= 0.6 is 0 Å². The number of methoxy groups -OCH3 is 1. The van der Waals surface area contributed by atoms with E-state index in [0.29, 0.717) is 22.8 Å². The third kappa shape index (κ3) is 4.91. The number of hydrogen-bond acceptors (Lipinski definition) is 7. The number of esters is 1. The lowest BCUT2D eigenvalue weighted by Gasteiger charge is -2.23. The maximum Gasteiger partial charge on any atom is 0.346 e. The van der Waals surface area contributed by atoms with E-state index in [1.165, 1.54) is 21.0 Å². The Morgan fingerprint density at radius 1 is 1.12 bits per heavy atom. The Kier molecular flexibility index (Phi) is 6.83. The van der Waals surface area contributed by atoms with E-state index in [4.69, 9.17) is 18.4 Å². The van der Waals surface area contributed by atoms with Gasteiger partial charge in [-0.2, -0.15) is 8.42 Å². The first kappa shape index (κ1) is 23.7. The highest BCUT2D eigenvalue weighted by Gasteiger charge is 2.29. The highest BCUT2D eigenvalue weighted by atomic mass is 32.2. The second kappa shape index (κ2) is 9.24. The smallest absolute Gasteiger partial charge is 0.346 e. The summed E-state index contributed by atoms with van der Waals surface area (Å²) in [6.07, 6.45) is 3.86. The Bertz CT molecular complexity index is 1160. The van der Waals surface area contributed by atoms with Crippen LogP contribution in [0.3, 0.4) is 0 Å². The van der Waals surface area contributed by atoms with Gasteiger partial charge in [0.2, 0.25) is 0 Å². The molecule has 0 spiro atoms. The summed E-state index contributed by atoms with van der Waals surface area (Å²) in [5, 5.41) is -0.743. The van der Waals surface area contributed by atoms with Crippen LogP contribution in [0, 0.1) is 12.8 Å². The highest BCUT2D eigenvalue weighted by Crippen LogP contribution is 2.43. The monoisotopic (exact) mass is 460 g/mol. The topological polar surface area (TPSA) is 88.1 Å². The van der Waals surface area contributed by atoms with Gasteiger partial charge in [0.05, 0.1) is 12.4 Å². The van der Waals surface area contributed by atoms with Gasteiger partial charge in [-0.1, -0.05) is 26.0 Å². The number of cyclic esters (lactones) is 1. The van der Waals surface area contributed by atoms with Crippen molar-refractivity contribution in [1.29, 1.82) is 0 Å². The van der Waals surface area contributed by atoms with Gasteiger partial charge in [-0.15, -0.1) is 0 Å². The molecule has 0 atom stereocenters. The molecule has 7 nitrogen and oxygen atoms in total. The molecular weight excluding hydrogens is 432 g/mol. The second-order valence-corrected chi connectivity index (χ2v) is 10.3. The first-order chi connectivity index (χ1) is 15.0. The third-order valence-electron chi connectivity index (χ3n) is 4.85. The normalized spacial score (nSPS) is 13.8. The van der Waals surface area contributed by atoms with Gasteiger partial charge in [0, 0.05) is 11.1 Å². The van der Waals surface area contributed by atoms with Gasteiger partial charge in [0.15, 0.2) is 11.5 Å². The average molecular weight is 461 g/mol. The lowest BCUT2D eigenvalue weighted by atomic mass is 10.0. The number of allylic oxidation sites excluding steroid dienone is 1. The van der Waals surface area contributed by atoms with Crippen LogP contribution in [0.1, 0.15) is 54.7 Å². The second-order valence-electron chi connectivity index (χ2n) is 8.22. The molecule has 0 bridgehead atoms. The van der Waals surface area contributed by atoms with E-state index >= 15 is 0 Å². The molecule has 2 aromatic rings. The van der Waals surface area contributed by atoms with Gasteiger partial charge < -0.3 is 18.4 Å². The van der Waals surface area contributed by atoms with Crippen molar-refractivity contribution >= 4 is 22.2 Å². The number of carbonyl (C=O) groups is 1. The summed E-state index contributed by atoms with van der Waals surface area (Å²) in [5.41, 5.74) is 2.07. The van der Waals surface area contributed by atoms with Crippen LogP contribution in [0.5, 0.6) is 23.0 Å². The fraction of sp³-hybridized carbons (Fsp3) is 0.375. The van der Waals surface area contributed by atoms with E-state index in [2.05, 4.69) is 0 Å². The van der Waals surface area contributed by atoms with Gasteiger partial charge in [-0.25, -0.2) is 4.79 Å². The van der Waals surface area contributed by atoms with Crippen LogP contribution in [-0.4, -0.2) is 26.7 Å². The molecule has 1 aliphatic heterocycles. The van der Waals surface area contributed by atoms with Gasteiger partial charge in [-0.3, -0.25) is 0 Å². The number of ether oxygens (including phenoxy) is 3. The van der Waals surface area contributed by atoms with Crippen molar-refractivity contribution in [3.8, 4) is 23.0 Å². The van der Waals surface area contributed by atoms with Crippen LogP contribution in [0.15, 0.2) is 30.3 Å². The Labute approximate surface area is 189 Å². The Morgan fingerprint density at radius 3 is 2.47 bits per heavy atom. The van der Waals surface area contributed by atoms with E-state index in [-0.39, 0.29) is 29.4 Å². The lowest BCUT2D eigenvalue weighted by Crippen LogP contribution is -2.21. The molecule has 8 heteroatoms. The molecule has 0 aromatic heterocycles. The molecule has 0 fully saturated rings. The molecule has 0 unspecified atom stereocenters. The maximum absolute atomic E-state index is 12.9. The minimum absolute atomic E-state index is 0.0420. The molecule has 0 amide bonds. The van der Waals surface area contributed by atoms with E-state index in [0.717, 1.165) is 5.56 Å². The van der Waals surface area contributed by atoms with Crippen LogP contribution in [-0.2, 0) is 21.5 Å². The van der Waals surface area contributed by atoms with Crippen molar-refractivity contribution in [3.63, 3.8) is 0 Å². The quantitative estimate of drug-likeness (QED) is 0.429. The van der Waals surface area contributed by atoms with Crippen molar-refractivity contribution in [1.82, 2.24) is 0 Å². The molecule has 3 rings (SSSR count). The number of carbonyl (C=O) groups excluding carboxylic acids is 1. The molecule has 32 heavy (non-hydrogen) atoms. The number of benzene rings is 2. The lowest BCUT2D eigenvalue weighted by molar-refractivity contribution is 0.0455. The van der Waals surface area contributed by atoms with Crippen LogP contribution < -0.4 is 13.7 Å². The van der Waals surface area contributed by atoms with Gasteiger partial charge in [0.25, 0.3) is 0 Å². The molecule has 1 aliphatic rings. The number of fused-ring (bicyclic) bond motifs is 2. The van der Waals surface area contributed by atoms with E-state index in [1.54, 1.807) is 31.2 Å². The molecule has 0 N–H and O–H groups in total. The molecule has 172 valence electrons. The minimum atomic E-state index is -3.87. The molecule has 1 heterocycles. The third-order valence-corrected chi connectivity index (χ3v) is 6.42. The summed E-state index contributed by atoms with van der Waals surface area (Å²) in [7, 11) is -2.40. The average Bonchev–Trinajstić information content (AvgIpc) is 2.70. The van der Waals surface area contributed by atoms with Crippen molar-refractivity contribution in [2.75, 3.05) is 7.11 Å². The molecular formula is C24H28O7S. The summed E-state index contributed by atoms with van der Waals surface area (Å²) in [6, 6.07) is 6.75. The zero-order chi connectivity index (χ0) is 23.6. The molecule has 0 saturated carbocycles. The Morgan fingerprint density at radius 2 is 1.84 bits per heavy atom. The van der Waals surface area contributed by atoms with Crippen molar-refractivity contribution in [2.45, 2.75) is 46.5 Å². The Balaban J connectivity index is 2.17. The molecule has 0 aliphatic carbocycles. The van der Waals surface area contributed by atoms with E-state index < -0.39 is 21.3 Å². The molecule has 2 aromatic carbocycles. The van der Waals surface area contributed by atoms with Crippen LogP contribution in [0.25, 0.3) is 6.08 Å². The van der Waals surface area contributed by atoms with E-state index in [9.17, 15) is 13.2 Å². The fourth-order valence-electron chi connectivity index (χ4n) is 3.15. The SMILES string of the molecule is COc1c(/C=C\C(C)C)ccc2c1C(=O)OCc1cc(C)cc(OS(=O)(=O)C(C)C)c1O2. The van der Waals surface area contributed by atoms with E-state index in [1.807, 2.05) is 26.0 Å². The first-order valence-electron chi connectivity index (χ1n) is 10.3. The van der Waals surface area contributed by atoms with Crippen molar-refractivity contribution < 1.29 is 31.6 Å². The van der Waals surface area contributed by atoms with Crippen molar-refractivity contribution in [2.24, 2.45) is 5.92 Å². The van der Waals surface area contributed by atoms with Crippen molar-refractivity contribution in [3.05, 3.63) is 52.6 Å². The summed E-state index contributed by atoms with van der Waals surface area (Å²) >= 11 is 0. The number of aryl methyl sites for hydroxylation is 1. The minimum Gasteiger partial charge on any atom is -0.495 e. The van der Waals surface area contributed by atoms with Crippen LogP contribution in [0.2, 0.25) is 0 Å². The molecule has 0 saturated heterocycles. The largest absolute Gasteiger partial charge is 0.495 e. The zero-order valence-corrected chi connectivity index (χ0v) is 19.9. The zero-order valence-electron chi connectivity index (χ0n) is 19.1. The summed E-state index contributed by atoms with van der Waals surface area (Å²) in [6.45, 7) is 8.83. The standard InChI is InChI=1S/C24H28O7S/c1-14(2)7-8-17-9-10-19-21(23(17)28-6)24(25)29-13-18-11-16(5)12-20(22(18)30-19)31-32(26,27)15(3)4/h7-12,14-15H,13H2,1-6H3/b8-7-. The number of rotatable bonds is 6. The highest BCUT2D eigenvalue weighted by molar-refractivity contribution is 7.87. The first-order valence-corrected chi connectivity index (χ1v) is 11.8. The van der Waals surface area contributed by atoms with Gasteiger partial charge in [-0.05, 0) is 56.5 Å².